The van der Waals surface area contributed by atoms with Crippen molar-refractivity contribution in [2.24, 2.45) is 0 Å². The monoisotopic (exact) mass is 278 g/mol. The van der Waals surface area contributed by atoms with Gasteiger partial charge in [0.25, 0.3) is 0 Å². The van der Waals surface area contributed by atoms with Gasteiger partial charge in [-0.3, -0.25) is 0 Å². The van der Waals surface area contributed by atoms with E-state index in [9.17, 15) is 13.2 Å². The van der Waals surface area contributed by atoms with Crippen LogP contribution in [0, 0.1) is 11.3 Å². The van der Waals surface area contributed by atoms with Crippen LogP contribution in [0.25, 0.3) is 0 Å². The van der Waals surface area contributed by atoms with Gasteiger partial charge in [-0.2, -0.15) is 18.4 Å². The van der Waals surface area contributed by atoms with E-state index in [2.05, 4.69) is 10.2 Å². The Bertz CT molecular complexity index is 644. The smallest absolute Gasteiger partial charge is 0.328 e. The molecule has 0 saturated carbocycles. The minimum atomic E-state index is -4.51. The standard InChI is InChI=1S/C13H9F3N4/c1-20(10-4-2-3-9(7-10)8-17)12-6-5-11(18-19-12)13(14,15)16/h2-7H,1H3. The van der Waals surface area contributed by atoms with E-state index < -0.39 is 11.9 Å². The van der Waals surface area contributed by atoms with Gasteiger partial charge in [0.15, 0.2) is 11.5 Å². The van der Waals surface area contributed by atoms with Crippen molar-refractivity contribution in [2.75, 3.05) is 11.9 Å². The van der Waals surface area contributed by atoms with E-state index in [0.717, 1.165) is 6.07 Å². The molecule has 7 heteroatoms. The Morgan fingerprint density at radius 2 is 1.90 bits per heavy atom. The topological polar surface area (TPSA) is 52.8 Å². The summed E-state index contributed by atoms with van der Waals surface area (Å²) >= 11 is 0. The molecule has 0 radical (unpaired) electrons. The summed E-state index contributed by atoms with van der Waals surface area (Å²) in [6.45, 7) is 0. The molecule has 4 nitrogen and oxygen atoms in total. The Kier molecular flexibility index (Phi) is 3.57. The summed E-state index contributed by atoms with van der Waals surface area (Å²) < 4.78 is 37.2. The Morgan fingerprint density at radius 3 is 2.45 bits per heavy atom. The first-order chi connectivity index (χ1) is 9.41. The number of alkyl halides is 3. The maximum Gasteiger partial charge on any atom is 0.435 e. The lowest BCUT2D eigenvalue weighted by Crippen LogP contribution is -2.14. The number of hydrogen-bond acceptors (Lipinski definition) is 4. The van der Waals surface area contributed by atoms with Crippen LogP contribution in [0.4, 0.5) is 24.7 Å². The van der Waals surface area contributed by atoms with Crippen molar-refractivity contribution < 1.29 is 13.2 Å². The number of aromatic nitrogens is 2. The largest absolute Gasteiger partial charge is 0.435 e. The molecule has 0 aliphatic heterocycles. The Balaban J connectivity index is 2.29. The zero-order chi connectivity index (χ0) is 14.8. The fourth-order valence-electron chi connectivity index (χ4n) is 1.57. The van der Waals surface area contributed by atoms with Crippen LogP contribution in [0.5, 0.6) is 0 Å². The first-order valence-corrected chi connectivity index (χ1v) is 5.56. The number of rotatable bonds is 2. The van der Waals surface area contributed by atoms with Gasteiger partial charge in [0.2, 0.25) is 0 Å². The summed E-state index contributed by atoms with van der Waals surface area (Å²) in [7, 11) is 1.63. The molecule has 0 unspecified atom stereocenters. The van der Waals surface area contributed by atoms with Crippen LogP contribution < -0.4 is 4.90 Å². The molecule has 102 valence electrons. The third kappa shape index (κ3) is 2.85. The molecule has 0 aliphatic rings. The quantitative estimate of drug-likeness (QED) is 0.846. The highest BCUT2D eigenvalue weighted by atomic mass is 19.4. The summed E-state index contributed by atoms with van der Waals surface area (Å²) in [5.74, 6) is 0.257. The van der Waals surface area contributed by atoms with E-state index >= 15 is 0 Å². The second-order valence-corrected chi connectivity index (χ2v) is 4.00. The first-order valence-electron chi connectivity index (χ1n) is 5.56. The summed E-state index contributed by atoms with van der Waals surface area (Å²) in [6, 6.07) is 10.7. The first kappa shape index (κ1) is 13.8. The lowest BCUT2D eigenvalue weighted by Gasteiger charge is -2.18. The normalized spacial score (nSPS) is 10.9. The third-order valence-corrected chi connectivity index (χ3v) is 2.65. The van der Waals surface area contributed by atoms with Crippen LogP contribution in [0.3, 0.4) is 0 Å². The maximum atomic E-state index is 12.4. The van der Waals surface area contributed by atoms with E-state index in [4.69, 9.17) is 5.26 Å². The van der Waals surface area contributed by atoms with E-state index in [1.54, 1.807) is 36.2 Å². The van der Waals surface area contributed by atoms with Gasteiger partial charge < -0.3 is 4.90 Å². The highest BCUT2D eigenvalue weighted by Crippen LogP contribution is 2.28. The van der Waals surface area contributed by atoms with E-state index in [1.807, 2.05) is 6.07 Å². The van der Waals surface area contributed by atoms with E-state index in [1.165, 1.54) is 6.07 Å². The number of halogens is 3. The van der Waals surface area contributed by atoms with Gasteiger partial charge in [-0.15, -0.1) is 10.2 Å². The Hall–Kier alpha value is -2.62. The van der Waals surface area contributed by atoms with Gasteiger partial charge in [-0.25, -0.2) is 0 Å². The molecule has 1 aromatic carbocycles. The zero-order valence-corrected chi connectivity index (χ0v) is 10.4. The van der Waals surface area contributed by atoms with Crippen molar-refractivity contribution in [1.29, 1.82) is 5.26 Å². The van der Waals surface area contributed by atoms with Crippen molar-refractivity contribution in [1.82, 2.24) is 10.2 Å². The highest BCUT2D eigenvalue weighted by molar-refractivity contribution is 5.60. The fourth-order valence-corrected chi connectivity index (χ4v) is 1.57. The molecule has 1 heterocycles. The van der Waals surface area contributed by atoms with Crippen molar-refractivity contribution in [3.8, 4) is 6.07 Å². The number of nitriles is 1. The van der Waals surface area contributed by atoms with Gasteiger partial charge >= 0.3 is 6.18 Å². The molecule has 0 saturated heterocycles. The average Bonchev–Trinajstić information content (AvgIpc) is 2.46. The molecule has 0 amide bonds. The van der Waals surface area contributed by atoms with Gasteiger partial charge in [0.1, 0.15) is 0 Å². The summed E-state index contributed by atoms with van der Waals surface area (Å²) in [6.07, 6.45) is -4.51. The lowest BCUT2D eigenvalue weighted by atomic mass is 10.2. The predicted octanol–water partition coefficient (Wildman–Crippen LogP) is 3.13. The fraction of sp³-hybridized carbons (Fsp3) is 0.154. The minimum Gasteiger partial charge on any atom is -0.328 e. The summed E-state index contributed by atoms with van der Waals surface area (Å²) in [4.78, 5) is 1.55. The molecule has 0 atom stereocenters. The van der Waals surface area contributed by atoms with E-state index in [-0.39, 0.29) is 5.82 Å². The molecule has 0 bridgehead atoms. The Labute approximate surface area is 113 Å². The second-order valence-electron chi connectivity index (χ2n) is 4.00. The van der Waals surface area contributed by atoms with Crippen LogP contribution in [0.1, 0.15) is 11.3 Å². The Morgan fingerprint density at radius 1 is 1.15 bits per heavy atom. The van der Waals surface area contributed by atoms with Gasteiger partial charge in [0.05, 0.1) is 11.6 Å². The molecular weight excluding hydrogens is 269 g/mol. The molecule has 0 N–H and O–H groups in total. The third-order valence-electron chi connectivity index (χ3n) is 2.65. The van der Waals surface area contributed by atoms with Gasteiger partial charge in [-0.05, 0) is 30.3 Å². The van der Waals surface area contributed by atoms with Crippen molar-refractivity contribution in [2.45, 2.75) is 6.18 Å². The molecule has 20 heavy (non-hydrogen) atoms. The minimum absolute atomic E-state index is 0.257. The molecule has 0 aliphatic carbocycles. The van der Waals surface area contributed by atoms with Gasteiger partial charge in [-0.1, -0.05) is 6.07 Å². The predicted molar refractivity (Wildman–Crippen MR) is 66.3 cm³/mol. The number of nitrogens with zero attached hydrogens (tertiary/aromatic N) is 4. The van der Waals surface area contributed by atoms with Crippen LogP contribution in [-0.4, -0.2) is 17.2 Å². The number of hydrogen-bond donors (Lipinski definition) is 0. The van der Waals surface area contributed by atoms with Crippen LogP contribution in [0.2, 0.25) is 0 Å². The number of benzene rings is 1. The summed E-state index contributed by atoms with van der Waals surface area (Å²) in [5, 5.41) is 15.5. The van der Waals surface area contributed by atoms with Crippen LogP contribution in [-0.2, 0) is 6.18 Å². The second kappa shape index (κ2) is 5.17. The van der Waals surface area contributed by atoms with Crippen LogP contribution in [0.15, 0.2) is 36.4 Å². The molecular formula is C13H9F3N4. The SMILES string of the molecule is CN(c1cccc(C#N)c1)c1ccc(C(F)(F)F)nn1. The molecule has 2 rings (SSSR count). The molecule has 1 aromatic heterocycles. The van der Waals surface area contributed by atoms with Crippen molar-refractivity contribution in [3.63, 3.8) is 0 Å². The maximum absolute atomic E-state index is 12.4. The van der Waals surface area contributed by atoms with E-state index in [0.29, 0.717) is 11.3 Å². The van der Waals surface area contributed by atoms with Crippen molar-refractivity contribution in [3.05, 3.63) is 47.7 Å². The average molecular weight is 278 g/mol. The lowest BCUT2D eigenvalue weighted by molar-refractivity contribution is -0.141. The molecule has 0 fully saturated rings. The van der Waals surface area contributed by atoms with Gasteiger partial charge in [0, 0.05) is 12.7 Å². The van der Waals surface area contributed by atoms with Crippen LogP contribution >= 0.6 is 0 Å². The number of anilines is 2. The van der Waals surface area contributed by atoms with Crippen molar-refractivity contribution >= 4 is 11.5 Å². The highest BCUT2D eigenvalue weighted by Gasteiger charge is 2.33. The molecule has 2 aromatic rings. The summed E-state index contributed by atoms with van der Waals surface area (Å²) in [5.41, 5.74) is 0.0488. The molecule has 0 spiro atoms. The zero-order valence-electron chi connectivity index (χ0n) is 10.4.